The summed E-state index contributed by atoms with van der Waals surface area (Å²) in [4.78, 5) is 23.5. The van der Waals surface area contributed by atoms with Gasteiger partial charge in [-0.1, -0.05) is 41.4 Å². The van der Waals surface area contributed by atoms with Gasteiger partial charge in [0.05, 0.1) is 5.71 Å². The van der Waals surface area contributed by atoms with Crippen molar-refractivity contribution < 1.29 is 9.59 Å². The molecule has 118 valence electrons. The van der Waals surface area contributed by atoms with Crippen molar-refractivity contribution in [3.05, 3.63) is 64.7 Å². The first-order chi connectivity index (χ1) is 11.0. The SMILES string of the molecule is C/C(=N\NC(=O)C(=O)Nc1ccc(C)cc1)c1ccc(Cl)cc1. The van der Waals surface area contributed by atoms with Crippen LogP contribution in [-0.2, 0) is 9.59 Å². The number of aryl methyl sites for hydroxylation is 1. The van der Waals surface area contributed by atoms with Gasteiger partial charge >= 0.3 is 11.8 Å². The fourth-order valence-corrected chi connectivity index (χ4v) is 1.89. The summed E-state index contributed by atoms with van der Waals surface area (Å²) in [6, 6.07) is 14.1. The molecule has 2 aromatic rings. The molecule has 6 heteroatoms. The highest BCUT2D eigenvalue weighted by Gasteiger charge is 2.13. The number of hydrazone groups is 1. The van der Waals surface area contributed by atoms with Crippen molar-refractivity contribution in [3.8, 4) is 0 Å². The number of amides is 2. The molecule has 0 fully saturated rings. The lowest BCUT2D eigenvalue weighted by Gasteiger charge is -2.05. The van der Waals surface area contributed by atoms with Crippen LogP contribution in [-0.4, -0.2) is 17.5 Å². The molecule has 0 aliphatic heterocycles. The van der Waals surface area contributed by atoms with E-state index in [0.717, 1.165) is 11.1 Å². The van der Waals surface area contributed by atoms with Crippen LogP contribution >= 0.6 is 11.6 Å². The zero-order valence-corrected chi connectivity index (χ0v) is 13.5. The Kier molecular flexibility index (Phi) is 5.49. The third-order valence-electron chi connectivity index (χ3n) is 3.10. The number of halogens is 1. The Hall–Kier alpha value is -2.66. The van der Waals surface area contributed by atoms with Crippen molar-refractivity contribution in [3.63, 3.8) is 0 Å². The van der Waals surface area contributed by atoms with Gasteiger partial charge in [-0.3, -0.25) is 9.59 Å². The maximum Gasteiger partial charge on any atom is 0.329 e. The Bertz CT molecular complexity index is 737. The maximum absolute atomic E-state index is 11.8. The van der Waals surface area contributed by atoms with Gasteiger partial charge in [0, 0.05) is 10.7 Å². The second-order valence-electron chi connectivity index (χ2n) is 4.97. The first-order valence-corrected chi connectivity index (χ1v) is 7.32. The Morgan fingerprint density at radius 1 is 0.957 bits per heavy atom. The first-order valence-electron chi connectivity index (χ1n) is 6.94. The lowest BCUT2D eigenvalue weighted by atomic mass is 10.1. The molecule has 0 aliphatic carbocycles. The molecule has 2 amide bonds. The number of carbonyl (C=O) groups is 2. The summed E-state index contributed by atoms with van der Waals surface area (Å²) < 4.78 is 0. The highest BCUT2D eigenvalue weighted by molar-refractivity contribution is 6.39. The Morgan fingerprint density at radius 3 is 2.17 bits per heavy atom. The minimum Gasteiger partial charge on any atom is -0.318 e. The van der Waals surface area contributed by atoms with Crippen molar-refractivity contribution in [2.75, 3.05) is 5.32 Å². The van der Waals surface area contributed by atoms with Crippen LogP contribution in [0.1, 0.15) is 18.1 Å². The minimum absolute atomic E-state index is 0.550. The van der Waals surface area contributed by atoms with E-state index in [2.05, 4.69) is 15.8 Å². The van der Waals surface area contributed by atoms with Gasteiger partial charge in [-0.05, 0) is 43.7 Å². The number of hydrogen-bond acceptors (Lipinski definition) is 3. The van der Waals surface area contributed by atoms with Gasteiger partial charge < -0.3 is 5.32 Å². The predicted octanol–water partition coefficient (Wildman–Crippen LogP) is 3.13. The number of benzene rings is 2. The van der Waals surface area contributed by atoms with Crippen molar-refractivity contribution in [2.45, 2.75) is 13.8 Å². The standard InChI is InChI=1S/C17H16ClN3O2/c1-11-3-9-15(10-4-11)19-16(22)17(23)21-20-12(2)13-5-7-14(18)8-6-13/h3-10H,1-2H3,(H,19,22)(H,21,23)/b20-12+. The Balaban J connectivity index is 1.95. The summed E-state index contributed by atoms with van der Waals surface area (Å²) >= 11 is 5.81. The van der Waals surface area contributed by atoms with Crippen LogP contribution in [0, 0.1) is 6.92 Å². The van der Waals surface area contributed by atoms with E-state index >= 15 is 0 Å². The molecule has 0 unspecified atom stereocenters. The summed E-state index contributed by atoms with van der Waals surface area (Å²) in [6.07, 6.45) is 0. The normalized spacial score (nSPS) is 11.0. The molecular weight excluding hydrogens is 314 g/mol. The number of anilines is 1. The van der Waals surface area contributed by atoms with Crippen LogP contribution in [0.3, 0.4) is 0 Å². The molecule has 0 saturated carbocycles. The molecule has 5 nitrogen and oxygen atoms in total. The summed E-state index contributed by atoms with van der Waals surface area (Å²) in [5.41, 5.74) is 5.21. The lowest BCUT2D eigenvalue weighted by molar-refractivity contribution is -0.136. The summed E-state index contributed by atoms with van der Waals surface area (Å²) in [6.45, 7) is 3.66. The first kappa shape index (κ1) is 16.7. The summed E-state index contributed by atoms with van der Waals surface area (Å²) in [5.74, 6) is -1.61. The van der Waals surface area contributed by atoms with Gasteiger partial charge in [0.2, 0.25) is 0 Å². The fourth-order valence-electron chi connectivity index (χ4n) is 1.77. The third-order valence-corrected chi connectivity index (χ3v) is 3.35. The predicted molar refractivity (Wildman–Crippen MR) is 91.6 cm³/mol. The quantitative estimate of drug-likeness (QED) is 0.516. The summed E-state index contributed by atoms with van der Waals surface area (Å²) in [5, 5.41) is 7.03. The van der Waals surface area contributed by atoms with Crippen molar-refractivity contribution in [2.24, 2.45) is 5.10 Å². The van der Waals surface area contributed by atoms with Gasteiger partial charge in [-0.2, -0.15) is 5.10 Å². The van der Waals surface area contributed by atoms with E-state index in [0.29, 0.717) is 16.4 Å². The topological polar surface area (TPSA) is 70.6 Å². The van der Waals surface area contributed by atoms with E-state index in [1.54, 1.807) is 43.3 Å². The van der Waals surface area contributed by atoms with Crippen LogP contribution in [0.4, 0.5) is 5.69 Å². The molecule has 23 heavy (non-hydrogen) atoms. The van der Waals surface area contributed by atoms with Crippen LogP contribution in [0.5, 0.6) is 0 Å². The van der Waals surface area contributed by atoms with Gasteiger partial charge in [-0.15, -0.1) is 0 Å². The molecule has 0 aliphatic rings. The monoisotopic (exact) mass is 329 g/mol. The summed E-state index contributed by atoms with van der Waals surface area (Å²) in [7, 11) is 0. The zero-order chi connectivity index (χ0) is 16.8. The van der Waals surface area contributed by atoms with E-state index in [-0.39, 0.29) is 0 Å². The van der Waals surface area contributed by atoms with Gasteiger partial charge in [0.25, 0.3) is 0 Å². The number of carbonyl (C=O) groups excluding carboxylic acids is 2. The van der Waals surface area contributed by atoms with Gasteiger partial charge in [-0.25, -0.2) is 5.43 Å². The van der Waals surface area contributed by atoms with Crippen molar-refractivity contribution in [1.29, 1.82) is 0 Å². The largest absolute Gasteiger partial charge is 0.329 e. The minimum atomic E-state index is -0.834. The molecule has 0 spiro atoms. The third kappa shape index (κ3) is 4.93. The molecule has 2 N–H and O–H groups in total. The lowest BCUT2D eigenvalue weighted by Crippen LogP contribution is -2.32. The zero-order valence-electron chi connectivity index (χ0n) is 12.8. The van der Waals surface area contributed by atoms with E-state index in [4.69, 9.17) is 11.6 Å². The maximum atomic E-state index is 11.8. The molecular formula is C17H16ClN3O2. The number of nitrogens with zero attached hydrogens (tertiary/aromatic N) is 1. The number of rotatable bonds is 3. The highest BCUT2D eigenvalue weighted by atomic mass is 35.5. The number of nitrogens with one attached hydrogen (secondary N) is 2. The van der Waals surface area contributed by atoms with Crippen LogP contribution in [0.2, 0.25) is 5.02 Å². The van der Waals surface area contributed by atoms with E-state index in [1.807, 2.05) is 19.1 Å². The van der Waals surface area contributed by atoms with Gasteiger partial charge in [0.15, 0.2) is 0 Å². The average molecular weight is 330 g/mol. The molecule has 0 heterocycles. The van der Waals surface area contributed by atoms with Crippen LogP contribution in [0.25, 0.3) is 0 Å². The second kappa shape index (κ2) is 7.56. The van der Waals surface area contributed by atoms with Gasteiger partial charge in [0.1, 0.15) is 0 Å². The van der Waals surface area contributed by atoms with Crippen LogP contribution < -0.4 is 10.7 Å². The second-order valence-corrected chi connectivity index (χ2v) is 5.40. The van der Waals surface area contributed by atoms with Crippen molar-refractivity contribution in [1.82, 2.24) is 5.43 Å². The van der Waals surface area contributed by atoms with E-state index in [9.17, 15) is 9.59 Å². The van der Waals surface area contributed by atoms with E-state index in [1.165, 1.54) is 0 Å². The molecule has 0 radical (unpaired) electrons. The van der Waals surface area contributed by atoms with E-state index < -0.39 is 11.8 Å². The number of hydrogen-bond donors (Lipinski definition) is 2. The molecule has 2 rings (SSSR count). The Labute approximate surface area is 139 Å². The molecule has 0 bridgehead atoms. The smallest absolute Gasteiger partial charge is 0.318 e. The average Bonchev–Trinajstić information content (AvgIpc) is 2.55. The van der Waals surface area contributed by atoms with Crippen molar-refractivity contribution >= 4 is 34.8 Å². The fraction of sp³-hybridized carbons (Fsp3) is 0.118. The Morgan fingerprint density at radius 2 is 1.57 bits per heavy atom. The molecule has 0 atom stereocenters. The molecule has 0 aromatic heterocycles. The highest BCUT2D eigenvalue weighted by Crippen LogP contribution is 2.10. The molecule has 0 saturated heterocycles. The van der Waals surface area contributed by atoms with Crippen LogP contribution in [0.15, 0.2) is 53.6 Å². The molecule has 2 aromatic carbocycles.